The van der Waals surface area contributed by atoms with Gasteiger partial charge < -0.3 is 5.11 Å². The summed E-state index contributed by atoms with van der Waals surface area (Å²) in [7, 11) is 0. The second kappa shape index (κ2) is 3.31. The van der Waals surface area contributed by atoms with E-state index in [4.69, 9.17) is 0 Å². The van der Waals surface area contributed by atoms with Gasteiger partial charge >= 0.3 is 0 Å². The monoisotopic (exact) mass is 206 g/mol. The fraction of sp³-hybridized carbons (Fsp3) is 0.615. The number of aliphatic hydroxyl groups is 1. The zero-order chi connectivity index (χ0) is 11.2. The standard InChI is InChI=1S/C13H18O2/c1-8-4-5-10-11(14)6-9(2)12(15)13(10,3)7-8/h4,6,10-11,14H,5,7H2,1-3H3/t10-,11-,13-/m1/s1. The maximum absolute atomic E-state index is 12.2. The summed E-state index contributed by atoms with van der Waals surface area (Å²) in [6.45, 7) is 5.87. The van der Waals surface area contributed by atoms with Gasteiger partial charge in [-0.05, 0) is 38.3 Å². The molecule has 0 aromatic carbocycles. The molecule has 2 rings (SSSR count). The number of allylic oxidation sites excluding steroid dienone is 3. The molecule has 15 heavy (non-hydrogen) atoms. The van der Waals surface area contributed by atoms with Gasteiger partial charge in [-0.25, -0.2) is 0 Å². The molecule has 2 aliphatic rings. The SMILES string of the molecule is CC1=CC[C@@H]2[C@H](O)C=C(C)C(=O)[C@]2(C)C1. The Bertz CT molecular complexity index is 365. The molecule has 0 aromatic rings. The van der Waals surface area contributed by atoms with E-state index >= 15 is 0 Å². The van der Waals surface area contributed by atoms with Gasteiger partial charge in [0.2, 0.25) is 0 Å². The van der Waals surface area contributed by atoms with E-state index in [2.05, 4.69) is 13.0 Å². The van der Waals surface area contributed by atoms with Crippen molar-refractivity contribution in [2.75, 3.05) is 0 Å². The number of aliphatic hydroxyl groups excluding tert-OH is 1. The van der Waals surface area contributed by atoms with E-state index in [0.717, 1.165) is 18.4 Å². The highest BCUT2D eigenvalue weighted by atomic mass is 16.3. The summed E-state index contributed by atoms with van der Waals surface area (Å²) in [4.78, 5) is 12.2. The zero-order valence-electron chi connectivity index (χ0n) is 9.58. The number of fused-ring (bicyclic) bond motifs is 1. The minimum absolute atomic E-state index is 0.0670. The number of hydrogen-bond donors (Lipinski definition) is 1. The van der Waals surface area contributed by atoms with E-state index in [9.17, 15) is 9.90 Å². The summed E-state index contributed by atoms with van der Waals surface area (Å²) >= 11 is 0. The Labute approximate surface area is 90.7 Å². The number of rotatable bonds is 0. The minimum Gasteiger partial charge on any atom is -0.389 e. The van der Waals surface area contributed by atoms with Gasteiger partial charge in [-0.15, -0.1) is 0 Å². The molecule has 0 spiro atoms. The second-order valence-corrected chi connectivity index (χ2v) is 5.16. The largest absolute Gasteiger partial charge is 0.389 e. The fourth-order valence-electron chi connectivity index (χ4n) is 3.03. The number of Topliss-reactive ketones (excluding diaryl/α,β-unsaturated/α-hetero) is 1. The van der Waals surface area contributed by atoms with Crippen molar-refractivity contribution in [1.82, 2.24) is 0 Å². The van der Waals surface area contributed by atoms with Crippen LogP contribution in [0.25, 0.3) is 0 Å². The molecular weight excluding hydrogens is 188 g/mol. The van der Waals surface area contributed by atoms with Gasteiger partial charge in [0.15, 0.2) is 5.78 Å². The van der Waals surface area contributed by atoms with Crippen LogP contribution in [0.1, 0.15) is 33.6 Å². The van der Waals surface area contributed by atoms with Crippen molar-refractivity contribution in [2.24, 2.45) is 11.3 Å². The van der Waals surface area contributed by atoms with Crippen molar-refractivity contribution in [2.45, 2.75) is 39.7 Å². The predicted molar refractivity (Wildman–Crippen MR) is 59.4 cm³/mol. The highest BCUT2D eigenvalue weighted by molar-refractivity contribution is 6.00. The minimum atomic E-state index is -0.461. The smallest absolute Gasteiger partial charge is 0.164 e. The average Bonchev–Trinajstić information content (AvgIpc) is 2.14. The van der Waals surface area contributed by atoms with Gasteiger partial charge in [0.25, 0.3) is 0 Å². The van der Waals surface area contributed by atoms with Crippen LogP contribution < -0.4 is 0 Å². The van der Waals surface area contributed by atoms with Crippen molar-refractivity contribution in [3.63, 3.8) is 0 Å². The van der Waals surface area contributed by atoms with Crippen LogP contribution in [-0.2, 0) is 4.79 Å². The van der Waals surface area contributed by atoms with Crippen molar-refractivity contribution in [3.05, 3.63) is 23.3 Å². The molecule has 0 aliphatic heterocycles. The average molecular weight is 206 g/mol. The Kier molecular flexibility index (Phi) is 2.34. The van der Waals surface area contributed by atoms with Gasteiger partial charge in [-0.2, -0.15) is 0 Å². The second-order valence-electron chi connectivity index (χ2n) is 5.16. The van der Waals surface area contributed by atoms with Gasteiger partial charge in [-0.1, -0.05) is 18.6 Å². The van der Waals surface area contributed by atoms with Crippen molar-refractivity contribution < 1.29 is 9.90 Å². The Morgan fingerprint density at radius 3 is 2.80 bits per heavy atom. The molecular formula is C13H18O2. The van der Waals surface area contributed by atoms with Crippen LogP contribution in [0, 0.1) is 11.3 Å². The van der Waals surface area contributed by atoms with Crippen molar-refractivity contribution >= 4 is 5.78 Å². The van der Waals surface area contributed by atoms with Crippen LogP contribution in [0.3, 0.4) is 0 Å². The van der Waals surface area contributed by atoms with E-state index in [1.165, 1.54) is 5.57 Å². The number of carbonyl (C=O) groups excluding carboxylic acids is 1. The van der Waals surface area contributed by atoms with Crippen LogP contribution in [0.4, 0.5) is 0 Å². The third kappa shape index (κ3) is 1.48. The van der Waals surface area contributed by atoms with E-state index in [-0.39, 0.29) is 17.1 Å². The summed E-state index contributed by atoms with van der Waals surface area (Å²) in [5, 5.41) is 9.99. The first-order valence-electron chi connectivity index (χ1n) is 5.52. The molecule has 2 aliphatic carbocycles. The summed E-state index contributed by atoms with van der Waals surface area (Å²) in [5.74, 6) is 0.280. The Balaban J connectivity index is 2.45. The van der Waals surface area contributed by atoms with Crippen LogP contribution in [0.5, 0.6) is 0 Å². The molecule has 0 fully saturated rings. The normalized spacial score (nSPS) is 40.7. The molecule has 1 N–H and O–H groups in total. The van der Waals surface area contributed by atoms with E-state index in [1.807, 2.05) is 6.92 Å². The maximum atomic E-state index is 12.2. The number of carbonyl (C=O) groups is 1. The summed E-state index contributed by atoms with van der Waals surface area (Å²) in [6, 6.07) is 0. The topological polar surface area (TPSA) is 37.3 Å². The van der Waals surface area contributed by atoms with E-state index in [0.29, 0.717) is 0 Å². The maximum Gasteiger partial charge on any atom is 0.164 e. The molecule has 0 bridgehead atoms. The number of ketones is 1. The lowest BCUT2D eigenvalue weighted by atomic mass is 9.60. The molecule has 3 atom stereocenters. The first-order valence-corrected chi connectivity index (χ1v) is 5.52. The highest BCUT2D eigenvalue weighted by Crippen LogP contribution is 2.47. The van der Waals surface area contributed by atoms with Crippen molar-refractivity contribution in [1.29, 1.82) is 0 Å². The Hall–Kier alpha value is -0.890. The lowest BCUT2D eigenvalue weighted by Gasteiger charge is -2.44. The van der Waals surface area contributed by atoms with Gasteiger partial charge in [0.05, 0.1) is 6.10 Å². The third-order valence-electron chi connectivity index (χ3n) is 3.89. The van der Waals surface area contributed by atoms with Crippen LogP contribution in [0.15, 0.2) is 23.3 Å². The summed E-state index contributed by atoms with van der Waals surface area (Å²) < 4.78 is 0. The van der Waals surface area contributed by atoms with Crippen LogP contribution in [0.2, 0.25) is 0 Å². The fourth-order valence-corrected chi connectivity index (χ4v) is 3.03. The molecule has 0 radical (unpaired) electrons. The Morgan fingerprint density at radius 1 is 1.47 bits per heavy atom. The third-order valence-corrected chi connectivity index (χ3v) is 3.89. The Morgan fingerprint density at radius 2 is 2.13 bits per heavy atom. The first kappa shape index (κ1) is 10.6. The molecule has 0 unspecified atom stereocenters. The molecule has 82 valence electrons. The summed E-state index contributed by atoms with van der Waals surface area (Å²) in [6.07, 6.45) is 5.01. The lowest BCUT2D eigenvalue weighted by Crippen LogP contribution is -2.47. The highest BCUT2D eigenvalue weighted by Gasteiger charge is 2.48. The molecule has 0 saturated heterocycles. The molecule has 2 heteroatoms. The predicted octanol–water partition coefficient (Wildman–Crippen LogP) is 2.24. The number of hydrogen-bond acceptors (Lipinski definition) is 2. The molecule has 0 saturated carbocycles. The summed E-state index contributed by atoms with van der Waals surface area (Å²) in [5.41, 5.74) is 1.61. The molecule has 0 amide bonds. The van der Waals surface area contributed by atoms with E-state index < -0.39 is 6.10 Å². The van der Waals surface area contributed by atoms with Gasteiger partial charge in [0, 0.05) is 11.3 Å². The van der Waals surface area contributed by atoms with Crippen molar-refractivity contribution in [3.8, 4) is 0 Å². The molecule has 2 nitrogen and oxygen atoms in total. The van der Waals surface area contributed by atoms with Gasteiger partial charge in [-0.3, -0.25) is 4.79 Å². The quantitative estimate of drug-likeness (QED) is 0.617. The van der Waals surface area contributed by atoms with E-state index in [1.54, 1.807) is 13.0 Å². The van der Waals surface area contributed by atoms with Crippen LogP contribution >= 0.6 is 0 Å². The molecule has 0 aromatic heterocycles. The molecule has 0 heterocycles. The van der Waals surface area contributed by atoms with Gasteiger partial charge in [0.1, 0.15) is 0 Å². The first-order chi connectivity index (χ1) is 6.95. The lowest BCUT2D eigenvalue weighted by molar-refractivity contribution is -0.131. The zero-order valence-corrected chi connectivity index (χ0v) is 9.58. The van der Waals surface area contributed by atoms with Crippen LogP contribution in [-0.4, -0.2) is 17.0 Å².